The molecule has 0 radical (unpaired) electrons. The molecule has 2 aliphatic rings. The number of hydrogen-bond donors (Lipinski definition) is 4. The lowest BCUT2D eigenvalue weighted by Gasteiger charge is -2.13. The van der Waals surface area contributed by atoms with Crippen LogP contribution in [0.1, 0.15) is 37.8 Å². The molecule has 18 heteroatoms. The summed E-state index contributed by atoms with van der Waals surface area (Å²) in [6, 6.07) is 17.9. The minimum Gasteiger partial charge on any atom is -0.417 e. The fourth-order valence-corrected chi connectivity index (χ4v) is 7.08. The number of nitriles is 2. The van der Waals surface area contributed by atoms with Gasteiger partial charge in [0.2, 0.25) is 23.6 Å². The van der Waals surface area contributed by atoms with Crippen LogP contribution in [0.5, 0.6) is 11.8 Å². The van der Waals surface area contributed by atoms with Gasteiger partial charge in [0.15, 0.2) is 0 Å². The quantitative estimate of drug-likeness (QED) is 0.0674. The third-order valence-corrected chi connectivity index (χ3v) is 10.6. The van der Waals surface area contributed by atoms with Crippen molar-refractivity contribution in [2.45, 2.75) is 52.8 Å². The van der Waals surface area contributed by atoms with Gasteiger partial charge in [0.1, 0.15) is 11.6 Å². The number of aryl methyl sites for hydroxylation is 2. The second-order valence-electron chi connectivity index (χ2n) is 14.7. The van der Waals surface area contributed by atoms with Gasteiger partial charge in [-0.05, 0) is 95.1 Å². The fourth-order valence-electron chi connectivity index (χ4n) is 7.08. The van der Waals surface area contributed by atoms with Gasteiger partial charge in [-0.15, -0.1) is 0 Å². The lowest BCUT2D eigenvalue weighted by molar-refractivity contribution is -0.118. The highest BCUT2D eigenvalue weighted by Crippen LogP contribution is 2.40. The van der Waals surface area contributed by atoms with Crippen LogP contribution in [-0.4, -0.2) is 45.0 Å². The Bertz CT molecular complexity index is 2610. The van der Waals surface area contributed by atoms with Gasteiger partial charge in [-0.1, -0.05) is 13.8 Å². The van der Waals surface area contributed by atoms with Gasteiger partial charge < -0.3 is 31.6 Å². The molecule has 62 heavy (non-hydrogen) atoms. The summed E-state index contributed by atoms with van der Waals surface area (Å²) in [5.41, 5.74) is 18.0. The molecule has 4 atom stereocenters. The Morgan fingerprint density at radius 3 is 1.40 bits per heavy atom. The molecule has 316 valence electrons. The van der Waals surface area contributed by atoms with Crippen molar-refractivity contribution in [3.05, 3.63) is 84.4 Å². The van der Waals surface area contributed by atoms with Crippen molar-refractivity contribution in [3.8, 4) is 46.2 Å². The molecule has 0 saturated heterocycles. The molecule has 14 nitrogen and oxygen atoms in total. The molecule has 0 bridgehead atoms. The average molecular weight is 847 g/mol. The van der Waals surface area contributed by atoms with Crippen molar-refractivity contribution in [2.24, 2.45) is 23.7 Å². The molecule has 0 aliphatic heterocycles. The lowest BCUT2D eigenvalue weighted by Crippen LogP contribution is -2.15. The zero-order chi connectivity index (χ0) is 44.2. The van der Waals surface area contributed by atoms with E-state index in [0.29, 0.717) is 59.5 Å². The first-order valence-corrected chi connectivity index (χ1v) is 19.5. The Morgan fingerprint density at radius 1 is 0.661 bits per heavy atom. The molecule has 2 amide bonds. The number of pyridine rings is 4. The number of rotatable bonds is 12. The number of halogens is 4. The maximum absolute atomic E-state index is 12.5. The monoisotopic (exact) mass is 846 g/mol. The van der Waals surface area contributed by atoms with Crippen molar-refractivity contribution in [3.63, 3.8) is 0 Å². The number of aromatic nitrogens is 4. The normalized spacial score (nSPS) is 17.4. The number of carbonyl (C=O) groups excluding carboxylic acids is 2. The van der Waals surface area contributed by atoms with E-state index in [-0.39, 0.29) is 47.2 Å². The number of nitrogens with one attached hydrogen (secondary N) is 2. The molecule has 2 aromatic carbocycles. The van der Waals surface area contributed by atoms with Crippen LogP contribution in [0, 0.1) is 46.3 Å². The minimum atomic E-state index is -2.94. The number of alkyl halides is 4. The van der Waals surface area contributed by atoms with Crippen LogP contribution in [0.25, 0.3) is 43.8 Å². The molecular weight excluding hydrogens is 809 g/mol. The predicted octanol–water partition coefficient (Wildman–Crippen LogP) is 8.28. The number of hydrogen-bond acceptors (Lipinski definition) is 12. The highest BCUT2D eigenvalue weighted by molar-refractivity contribution is 6.01. The van der Waals surface area contributed by atoms with Crippen LogP contribution < -0.4 is 31.6 Å². The number of ether oxygens (including phenoxy) is 2. The first-order chi connectivity index (χ1) is 29.8. The van der Waals surface area contributed by atoms with Crippen molar-refractivity contribution in [1.82, 2.24) is 19.9 Å². The number of benzene rings is 2. The Hall–Kier alpha value is -7.60. The van der Waals surface area contributed by atoms with E-state index in [1.807, 2.05) is 26.0 Å². The van der Waals surface area contributed by atoms with Gasteiger partial charge in [0.25, 0.3) is 0 Å². The van der Waals surface area contributed by atoms with Crippen LogP contribution in [0.3, 0.4) is 0 Å². The number of anilines is 4. The smallest absolute Gasteiger partial charge is 0.388 e. The highest BCUT2D eigenvalue weighted by Gasteiger charge is 2.44. The first-order valence-electron chi connectivity index (χ1n) is 19.5. The van der Waals surface area contributed by atoms with Crippen LogP contribution in [0.15, 0.2) is 73.3 Å². The van der Waals surface area contributed by atoms with E-state index in [0.717, 1.165) is 44.2 Å². The topological polar surface area (TPSA) is 228 Å². The summed E-state index contributed by atoms with van der Waals surface area (Å²) < 4.78 is 58.8. The summed E-state index contributed by atoms with van der Waals surface area (Å²) in [7, 11) is 0. The lowest BCUT2D eigenvalue weighted by atomic mass is 9.97. The Morgan fingerprint density at radius 2 is 1.06 bits per heavy atom. The summed E-state index contributed by atoms with van der Waals surface area (Å²) in [6.45, 7) is -2.09. The molecular formula is C44H38F4N10O4. The average Bonchev–Trinajstić information content (AvgIpc) is 4.18. The molecule has 0 unspecified atom stereocenters. The molecule has 4 aromatic heterocycles. The van der Waals surface area contributed by atoms with E-state index in [2.05, 4.69) is 52.2 Å². The van der Waals surface area contributed by atoms with Crippen molar-refractivity contribution < 1.29 is 36.6 Å². The molecule has 6 aromatic rings. The van der Waals surface area contributed by atoms with E-state index in [9.17, 15) is 27.2 Å². The van der Waals surface area contributed by atoms with Gasteiger partial charge in [-0.3, -0.25) is 9.59 Å². The zero-order valence-electron chi connectivity index (χ0n) is 33.2. The number of nitrogen functional groups attached to an aromatic ring is 2. The third-order valence-electron chi connectivity index (χ3n) is 10.6. The van der Waals surface area contributed by atoms with Crippen LogP contribution in [0.2, 0.25) is 0 Å². The SMILES string of the molecule is CCc1cc(OC(F)F)ncc1-c1cc(N)c2cnc(NC(=O)[C@@H]3C[C@H]3C#N)cc2c1.CCc1cc(OC(F)F)ncc1-c1cc(N)c2cnc(NC(=O)[C@H]3C[C@@H]3C#N)cc2c1. The molecule has 4 heterocycles. The molecule has 2 aliphatic carbocycles. The first kappa shape index (κ1) is 42.5. The van der Waals surface area contributed by atoms with Gasteiger partial charge in [-0.2, -0.15) is 28.1 Å². The number of nitrogens with zero attached hydrogens (tertiary/aromatic N) is 6. The second kappa shape index (κ2) is 17.9. The molecule has 6 N–H and O–H groups in total. The van der Waals surface area contributed by atoms with E-state index < -0.39 is 13.2 Å². The predicted molar refractivity (Wildman–Crippen MR) is 222 cm³/mol. The Labute approximate surface area is 351 Å². The van der Waals surface area contributed by atoms with Crippen LogP contribution >= 0.6 is 0 Å². The third kappa shape index (κ3) is 9.55. The maximum Gasteiger partial charge on any atom is 0.388 e. The molecule has 0 spiro atoms. The van der Waals surface area contributed by atoms with Gasteiger partial charge in [-0.25, -0.2) is 19.9 Å². The summed E-state index contributed by atoms with van der Waals surface area (Å²) in [6.07, 6.45) is 8.40. The van der Waals surface area contributed by atoms with Crippen molar-refractivity contribution in [2.75, 3.05) is 22.1 Å². The van der Waals surface area contributed by atoms with E-state index in [1.54, 1.807) is 36.7 Å². The van der Waals surface area contributed by atoms with E-state index in [1.165, 1.54) is 24.5 Å². The van der Waals surface area contributed by atoms with Crippen molar-refractivity contribution >= 4 is 56.4 Å². The fraction of sp³-hybridized carbons (Fsp3) is 0.273. The summed E-state index contributed by atoms with van der Waals surface area (Å²) in [5, 5.41) is 26.2. The molecule has 8 rings (SSSR count). The number of amides is 2. The molecule has 2 saturated carbocycles. The van der Waals surface area contributed by atoms with Crippen LogP contribution in [-0.2, 0) is 22.4 Å². The summed E-state index contributed by atoms with van der Waals surface area (Å²) in [4.78, 5) is 40.9. The van der Waals surface area contributed by atoms with Crippen LogP contribution in [0.4, 0.5) is 40.6 Å². The standard InChI is InChI=1S/2C22H19F2N5O2/c2*1-2-11-7-20(31-22(23)24)28-9-16(11)12-3-13-6-19(27-10-17(13)18(26)5-12)29-21(30)15-4-14(15)8-25/h2*3,5-7,9-10,14-15,22H,2,4,26H2,1H3,(H,27,29,30)/t2*14-,15+/m10/s1. The second-order valence-corrected chi connectivity index (χ2v) is 14.7. The largest absolute Gasteiger partial charge is 0.417 e. The van der Waals surface area contributed by atoms with Crippen molar-refractivity contribution in [1.29, 1.82) is 10.5 Å². The van der Waals surface area contributed by atoms with Gasteiger partial charge in [0.05, 0.1) is 35.8 Å². The van der Waals surface area contributed by atoms with E-state index in [4.69, 9.17) is 22.0 Å². The van der Waals surface area contributed by atoms with E-state index >= 15 is 0 Å². The van der Waals surface area contributed by atoms with Gasteiger partial charge >= 0.3 is 13.2 Å². The number of nitrogens with two attached hydrogens (primary N) is 2. The highest BCUT2D eigenvalue weighted by atomic mass is 19.3. The Balaban J connectivity index is 0.000000186. The number of carbonyl (C=O) groups is 2. The minimum absolute atomic E-state index is 0.144. The van der Waals surface area contributed by atoms with Gasteiger partial charge in [0, 0.05) is 70.2 Å². The number of fused-ring (bicyclic) bond motifs is 2. The Kier molecular flexibility index (Phi) is 12.3. The maximum atomic E-state index is 12.5. The molecule has 2 fully saturated rings. The zero-order valence-corrected chi connectivity index (χ0v) is 33.2. The summed E-state index contributed by atoms with van der Waals surface area (Å²) in [5.74, 6) is -1.08. The summed E-state index contributed by atoms with van der Waals surface area (Å²) >= 11 is 0.